The summed E-state index contributed by atoms with van der Waals surface area (Å²) in [4.78, 5) is 6.29. The minimum absolute atomic E-state index is 0.100. The maximum absolute atomic E-state index is 13.4. The Bertz CT molecular complexity index is 469. The van der Waals surface area contributed by atoms with Crippen LogP contribution in [-0.2, 0) is 0 Å². The highest BCUT2D eigenvalue weighted by molar-refractivity contribution is 5.80. The van der Waals surface area contributed by atoms with Crippen molar-refractivity contribution in [3.05, 3.63) is 35.6 Å². The van der Waals surface area contributed by atoms with Gasteiger partial charge in [0.05, 0.1) is 6.04 Å². The van der Waals surface area contributed by atoms with Gasteiger partial charge in [0, 0.05) is 19.6 Å². The van der Waals surface area contributed by atoms with Crippen LogP contribution in [0.3, 0.4) is 0 Å². The molecule has 2 rings (SSSR count). The van der Waals surface area contributed by atoms with E-state index in [1.165, 1.54) is 18.9 Å². The van der Waals surface area contributed by atoms with Crippen LogP contribution in [0.5, 0.6) is 0 Å². The number of hydrogen-bond donors (Lipinski definition) is 2. The first-order valence-corrected chi connectivity index (χ1v) is 6.99. The molecule has 5 heteroatoms. The van der Waals surface area contributed by atoms with E-state index in [0.717, 1.165) is 11.5 Å². The molecule has 0 bridgehead atoms. The topological polar surface area (TPSA) is 39.7 Å². The Morgan fingerprint density at radius 3 is 2.75 bits per heavy atom. The van der Waals surface area contributed by atoms with Gasteiger partial charge in [-0.1, -0.05) is 12.1 Å². The number of nitrogens with one attached hydrogen (secondary N) is 2. The summed E-state index contributed by atoms with van der Waals surface area (Å²) in [6.45, 7) is 0.683. The summed E-state index contributed by atoms with van der Waals surface area (Å²) in [7, 11) is 5.76. The van der Waals surface area contributed by atoms with Crippen LogP contribution in [-0.4, -0.2) is 44.6 Å². The van der Waals surface area contributed by atoms with Crippen molar-refractivity contribution < 1.29 is 4.39 Å². The Balaban J connectivity index is 1.98. The number of rotatable bonds is 5. The van der Waals surface area contributed by atoms with Crippen LogP contribution < -0.4 is 10.6 Å². The van der Waals surface area contributed by atoms with Crippen LogP contribution in [0.4, 0.5) is 4.39 Å². The molecule has 2 N–H and O–H groups in total. The normalized spacial score (nSPS) is 17.1. The summed E-state index contributed by atoms with van der Waals surface area (Å²) >= 11 is 0. The van der Waals surface area contributed by atoms with Gasteiger partial charge in [-0.3, -0.25) is 4.99 Å². The zero-order chi connectivity index (χ0) is 14.5. The highest BCUT2D eigenvalue weighted by Crippen LogP contribution is 2.19. The van der Waals surface area contributed by atoms with Crippen LogP contribution in [0.25, 0.3) is 0 Å². The highest BCUT2D eigenvalue weighted by atomic mass is 19.1. The van der Waals surface area contributed by atoms with Crippen LogP contribution in [0.1, 0.15) is 24.4 Å². The van der Waals surface area contributed by atoms with Crippen molar-refractivity contribution >= 4 is 5.96 Å². The second kappa shape index (κ2) is 6.70. The molecule has 20 heavy (non-hydrogen) atoms. The molecule has 0 aromatic heterocycles. The fourth-order valence-corrected chi connectivity index (χ4v) is 2.12. The molecule has 1 atom stereocenters. The van der Waals surface area contributed by atoms with E-state index >= 15 is 0 Å². The third-order valence-corrected chi connectivity index (χ3v) is 3.46. The molecular formula is C15H23FN4. The molecule has 0 amide bonds. The first-order valence-electron chi connectivity index (χ1n) is 6.99. The molecule has 1 unspecified atom stereocenters. The quantitative estimate of drug-likeness (QED) is 0.637. The second-order valence-electron chi connectivity index (χ2n) is 5.41. The molecule has 4 nitrogen and oxygen atoms in total. The zero-order valence-electron chi connectivity index (χ0n) is 12.4. The lowest BCUT2D eigenvalue weighted by atomic mass is 10.1. The molecule has 0 heterocycles. The van der Waals surface area contributed by atoms with Gasteiger partial charge >= 0.3 is 0 Å². The zero-order valence-corrected chi connectivity index (χ0v) is 12.4. The average molecular weight is 278 g/mol. The molecule has 1 aliphatic carbocycles. The summed E-state index contributed by atoms with van der Waals surface area (Å²) in [5, 5.41) is 6.66. The van der Waals surface area contributed by atoms with Crippen molar-refractivity contribution in [1.29, 1.82) is 0 Å². The molecule has 0 spiro atoms. The van der Waals surface area contributed by atoms with Gasteiger partial charge in [-0.05, 0) is 44.6 Å². The van der Waals surface area contributed by atoms with E-state index in [1.807, 2.05) is 20.2 Å². The van der Waals surface area contributed by atoms with E-state index in [-0.39, 0.29) is 11.9 Å². The van der Waals surface area contributed by atoms with Crippen LogP contribution in [0.15, 0.2) is 29.3 Å². The summed E-state index contributed by atoms with van der Waals surface area (Å²) in [6, 6.07) is 7.42. The largest absolute Gasteiger partial charge is 0.354 e. The Morgan fingerprint density at radius 1 is 1.45 bits per heavy atom. The molecule has 1 aromatic carbocycles. The minimum Gasteiger partial charge on any atom is -0.354 e. The lowest BCUT2D eigenvalue weighted by Gasteiger charge is -2.26. The molecule has 0 saturated heterocycles. The summed E-state index contributed by atoms with van der Waals surface area (Å²) in [5.74, 6) is 0.616. The maximum atomic E-state index is 13.4. The van der Waals surface area contributed by atoms with Crippen molar-refractivity contribution in [2.24, 2.45) is 4.99 Å². The lowest BCUT2D eigenvalue weighted by molar-refractivity contribution is 0.297. The SMILES string of the molecule is CN=C(NCC(c1cccc(F)c1)N(C)C)NC1CC1. The minimum atomic E-state index is -0.199. The van der Waals surface area contributed by atoms with Crippen molar-refractivity contribution in [3.8, 4) is 0 Å². The molecule has 0 aliphatic heterocycles. The maximum Gasteiger partial charge on any atom is 0.191 e. The van der Waals surface area contributed by atoms with E-state index in [4.69, 9.17) is 0 Å². The van der Waals surface area contributed by atoms with Crippen molar-refractivity contribution in [2.45, 2.75) is 24.9 Å². The predicted molar refractivity (Wildman–Crippen MR) is 80.3 cm³/mol. The molecule has 1 saturated carbocycles. The van der Waals surface area contributed by atoms with E-state index < -0.39 is 0 Å². The molecule has 0 radical (unpaired) electrons. The van der Waals surface area contributed by atoms with Crippen molar-refractivity contribution in [1.82, 2.24) is 15.5 Å². The van der Waals surface area contributed by atoms with E-state index in [2.05, 4.69) is 20.5 Å². The average Bonchev–Trinajstić information content (AvgIpc) is 3.21. The molecule has 1 aliphatic rings. The van der Waals surface area contributed by atoms with Gasteiger partial charge in [0.15, 0.2) is 5.96 Å². The highest BCUT2D eigenvalue weighted by Gasteiger charge is 2.23. The van der Waals surface area contributed by atoms with Gasteiger partial charge in [-0.25, -0.2) is 4.39 Å². The van der Waals surface area contributed by atoms with Gasteiger partial charge in [0.2, 0.25) is 0 Å². The molecule has 1 aromatic rings. The Kier molecular flexibility index (Phi) is 4.95. The smallest absolute Gasteiger partial charge is 0.191 e. The summed E-state index contributed by atoms with van der Waals surface area (Å²) in [5.41, 5.74) is 0.962. The molecular weight excluding hydrogens is 255 g/mol. The van der Waals surface area contributed by atoms with Gasteiger partial charge < -0.3 is 15.5 Å². The monoisotopic (exact) mass is 278 g/mol. The van der Waals surface area contributed by atoms with Crippen molar-refractivity contribution in [3.63, 3.8) is 0 Å². The van der Waals surface area contributed by atoms with Gasteiger partial charge in [-0.15, -0.1) is 0 Å². The number of hydrogen-bond acceptors (Lipinski definition) is 2. The third kappa shape index (κ3) is 4.20. The van der Waals surface area contributed by atoms with Crippen LogP contribution >= 0.6 is 0 Å². The van der Waals surface area contributed by atoms with Crippen LogP contribution in [0.2, 0.25) is 0 Å². The van der Waals surface area contributed by atoms with E-state index in [1.54, 1.807) is 19.2 Å². The van der Waals surface area contributed by atoms with Gasteiger partial charge in [0.1, 0.15) is 5.82 Å². The third-order valence-electron chi connectivity index (χ3n) is 3.46. The number of likely N-dealkylation sites (N-methyl/N-ethyl adjacent to an activating group) is 1. The predicted octanol–water partition coefficient (Wildman–Crippen LogP) is 1.76. The fourth-order valence-electron chi connectivity index (χ4n) is 2.12. The van der Waals surface area contributed by atoms with Gasteiger partial charge in [0.25, 0.3) is 0 Å². The van der Waals surface area contributed by atoms with Crippen LogP contribution in [0, 0.1) is 5.82 Å². The number of guanidine groups is 1. The molecule has 110 valence electrons. The molecule has 1 fully saturated rings. The Morgan fingerprint density at radius 2 is 2.20 bits per heavy atom. The number of nitrogens with zero attached hydrogens (tertiary/aromatic N) is 2. The second-order valence-corrected chi connectivity index (χ2v) is 5.41. The fraction of sp³-hybridized carbons (Fsp3) is 0.533. The summed E-state index contributed by atoms with van der Waals surface area (Å²) < 4.78 is 13.4. The number of benzene rings is 1. The van der Waals surface area contributed by atoms with Gasteiger partial charge in [-0.2, -0.15) is 0 Å². The van der Waals surface area contributed by atoms with E-state index in [0.29, 0.717) is 12.6 Å². The standard InChI is InChI=1S/C15H23FN4/c1-17-15(19-13-7-8-13)18-10-14(20(2)3)11-5-4-6-12(16)9-11/h4-6,9,13-14H,7-8,10H2,1-3H3,(H2,17,18,19). The number of halogens is 1. The Hall–Kier alpha value is -1.62. The van der Waals surface area contributed by atoms with Crippen molar-refractivity contribution in [2.75, 3.05) is 27.7 Å². The first kappa shape index (κ1) is 14.8. The Labute approximate surface area is 120 Å². The van der Waals surface area contributed by atoms with E-state index in [9.17, 15) is 4.39 Å². The first-order chi connectivity index (χ1) is 9.60. The number of aliphatic imine (C=N–C) groups is 1. The summed E-state index contributed by atoms with van der Waals surface area (Å²) in [6.07, 6.45) is 2.42. The lowest BCUT2D eigenvalue weighted by Crippen LogP contribution is -2.42.